The normalized spacial score (nSPS) is 15.4. The highest BCUT2D eigenvalue weighted by Gasteiger charge is 2.28. The van der Waals surface area contributed by atoms with E-state index >= 15 is 0 Å². The standard InChI is InChI=1S/C22H26ClFN2O4S/c1-25(15-16-7-10-20(30-2)19(24)13-16)22(27)17-8-9-18(23)21(14-17)31(28,29)26-11-5-3-4-6-12-26/h7-10,13-14H,3-6,11-12,15H2,1-2H3. The highest BCUT2D eigenvalue weighted by Crippen LogP contribution is 2.28. The van der Waals surface area contributed by atoms with Gasteiger partial charge in [0.2, 0.25) is 10.0 Å². The Bertz CT molecular complexity index is 1050. The van der Waals surface area contributed by atoms with Gasteiger partial charge in [-0.25, -0.2) is 12.8 Å². The van der Waals surface area contributed by atoms with Crippen LogP contribution in [0.25, 0.3) is 0 Å². The summed E-state index contributed by atoms with van der Waals surface area (Å²) in [6.07, 6.45) is 3.59. The van der Waals surface area contributed by atoms with E-state index in [-0.39, 0.29) is 33.7 Å². The summed E-state index contributed by atoms with van der Waals surface area (Å²) in [7, 11) is -0.851. The van der Waals surface area contributed by atoms with Gasteiger partial charge < -0.3 is 9.64 Å². The molecule has 0 bridgehead atoms. The first kappa shape index (κ1) is 23.5. The van der Waals surface area contributed by atoms with Crippen LogP contribution in [0, 0.1) is 5.82 Å². The fraction of sp³-hybridized carbons (Fsp3) is 0.409. The maximum atomic E-state index is 13.9. The number of carbonyl (C=O) groups excluding carboxylic acids is 1. The molecule has 1 aliphatic heterocycles. The van der Waals surface area contributed by atoms with Crippen LogP contribution in [0.4, 0.5) is 4.39 Å². The van der Waals surface area contributed by atoms with Crippen LogP contribution < -0.4 is 4.74 Å². The van der Waals surface area contributed by atoms with Crippen molar-refractivity contribution in [3.05, 3.63) is 58.4 Å². The lowest BCUT2D eigenvalue weighted by Crippen LogP contribution is -2.32. The number of ether oxygens (including phenoxy) is 1. The lowest BCUT2D eigenvalue weighted by atomic mass is 10.1. The minimum Gasteiger partial charge on any atom is -0.494 e. The van der Waals surface area contributed by atoms with Crippen molar-refractivity contribution >= 4 is 27.5 Å². The number of amides is 1. The summed E-state index contributed by atoms with van der Waals surface area (Å²) in [6, 6.07) is 8.73. The molecule has 1 saturated heterocycles. The number of nitrogens with zero attached hydrogens (tertiary/aromatic N) is 2. The maximum Gasteiger partial charge on any atom is 0.253 e. The van der Waals surface area contributed by atoms with Crippen molar-refractivity contribution in [3.63, 3.8) is 0 Å². The third kappa shape index (κ3) is 5.37. The molecule has 0 saturated carbocycles. The molecular weight excluding hydrogens is 443 g/mol. The van der Waals surface area contributed by atoms with Gasteiger partial charge in [0, 0.05) is 32.2 Å². The smallest absolute Gasteiger partial charge is 0.253 e. The average Bonchev–Trinajstić information content (AvgIpc) is 3.04. The van der Waals surface area contributed by atoms with Crippen LogP contribution in [0.3, 0.4) is 0 Å². The van der Waals surface area contributed by atoms with Crippen LogP contribution in [0.1, 0.15) is 41.6 Å². The predicted molar refractivity (Wildman–Crippen MR) is 117 cm³/mol. The third-order valence-corrected chi connectivity index (χ3v) is 7.72. The summed E-state index contributed by atoms with van der Waals surface area (Å²) in [4.78, 5) is 14.3. The molecule has 0 aliphatic carbocycles. The van der Waals surface area contributed by atoms with Gasteiger partial charge in [-0.05, 0) is 48.7 Å². The average molecular weight is 469 g/mol. The van der Waals surface area contributed by atoms with Crippen LogP contribution in [-0.4, -0.2) is 50.8 Å². The molecule has 31 heavy (non-hydrogen) atoms. The number of halogens is 2. The lowest BCUT2D eigenvalue weighted by molar-refractivity contribution is 0.0784. The Kier molecular flexibility index (Phi) is 7.56. The molecule has 0 radical (unpaired) electrons. The fourth-order valence-electron chi connectivity index (χ4n) is 3.63. The van der Waals surface area contributed by atoms with Gasteiger partial charge in [-0.3, -0.25) is 4.79 Å². The molecule has 0 aromatic heterocycles. The topological polar surface area (TPSA) is 66.9 Å². The van der Waals surface area contributed by atoms with E-state index in [9.17, 15) is 17.6 Å². The molecule has 0 N–H and O–H groups in total. The van der Waals surface area contributed by atoms with Crippen molar-refractivity contribution in [3.8, 4) is 5.75 Å². The summed E-state index contributed by atoms with van der Waals surface area (Å²) in [5.41, 5.74) is 0.787. The second-order valence-electron chi connectivity index (χ2n) is 7.59. The quantitative estimate of drug-likeness (QED) is 0.633. The molecule has 2 aromatic rings. The highest BCUT2D eigenvalue weighted by atomic mass is 35.5. The summed E-state index contributed by atoms with van der Waals surface area (Å²) in [5, 5.41) is 0.0840. The van der Waals surface area contributed by atoms with E-state index in [1.807, 2.05) is 0 Å². The monoisotopic (exact) mass is 468 g/mol. The molecule has 9 heteroatoms. The van der Waals surface area contributed by atoms with Crippen molar-refractivity contribution in [2.45, 2.75) is 37.1 Å². The molecule has 0 unspecified atom stereocenters. The van der Waals surface area contributed by atoms with E-state index in [2.05, 4.69) is 0 Å². The SMILES string of the molecule is COc1ccc(CN(C)C(=O)c2ccc(Cl)c(S(=O)(=O)N3CCCCCC3)c2)cc1F. The molecule has 0 spiro atoms. The summed E-state index contributed by atoms with van der Waals surface area (Å²) in [5.74, 6) is -0.780. The zero-order valence-corrected chi connectivity index (χ0v) is 19.2. The lowest BCUT2D eigenvalue weighted by Gasteiger charge is -2.22. The molecule has 1 heterocycles. The van der Waals surface area contributed by atoms with Gasteiger partial charge in [0.25, 0.3) is 5.91 Å². The first-order valence-electron chi connectivity index (χ1n) is 10.1. The Hall–Kier alpha value is -2.16. The van der Waals surface area contributed by atoms with Crippen LogP contribution in [0.2, 0.25) is 5.02 Å². The van der Waals surface area contributed by atoms with Gasteiger partial charge in [0.15, 0.2) is 11.6 Å². The second kappa shape index (κ2) is 9.97. The van der Waals surface area contributed by atoms with Crippen molar-refractivity contribution < 1.29 is 22.3 Å². The number of methoxy groups -OCH3 is 1. The van der Waals surface area contributed by atoms with Gasteiger partial charge in [-0.1, -0.05) is 30.5 Å². The first-order valence-corrected chi connectivity index (χ1v) is 11.9. The minimum atomic E-state index is -3.80. The molecule has 1 aliphatic rings. The van der Waals surface area contributed by atoms with Crippen molar-refractivity contribution in [2.75, 3.05) is 27.2 Å². The molecule has 3 rings (SSSR count). The van der Waals surface area contributed by atoms with Gasteiger partial charge >= 0.3 is 0 Å². The van der Waals surface area contributed by atoms with E-state index in [1.54, 1.807) is 13.1 Å². The third-order valence-electron chi connectivity index (χ3n) is 5.34. The van der Waals surface area contributed by atoms with E-state index in [0.29, 0.717) is 18.7 Å². The maximum absolute atomic E-state index is 13.9. The van der Waals surface area contributed by atoms with E-state index in [4.69, 9.17) is 16.3 Å². The second-order valence-corrected chi connectivity index (χ2v) is 9.91. The number of benzene rings is 2. The molecule has 1 fully saturated rings. The molecule has 6 nitrogen and oxygen atoms in total. The molecule has 1 amide bonds. The summed E-state index contributed by atoms with van der Waals surface area (Å²) < 4.78 is 46.6. The van der Waals surface area contributed by atoms with Crippen LogP contribution in [-0.2, 0) is 16.6 Å². The van der Waals surface area contributed by atoms with Crippen molar-refractivity contribution in [1.29, 1.82) is 0 Å². The highest BCUT2D eigenvalue weighted by molar-refractivity contribution is 7.89. The van der Waals surface area contributed by atoms with Crippen LogP contribution >= 0.6 is 11.6 Å². The Morgan fingerprint density at radius 2 is 1.81 bits per heavy atom. The zero-order valence-electron chi connectivity index (χ0n) is 17.6. The molecule has 0 atom stereocenters. The molecular formula is C22H26ClFN2O4S. The number of hydrogen-bond acceptors (Lipinski definition) is 4. The largest absolute Gasteiger partial charge is 0.494 e. The van der Waals surface area contributed by atoms with Gasteiger partial charge in [0.1, 0.15) is 4.90 Å². The van der Waals surface area contributed by atoms with Gasteiger partial charge in [-0.2, -0.15) is 4.31 Å². The van der Waals surface area contributed by atoms with Gasteiger partial charge in [-0.15, -0.1) is 0 Å². The number of hydrogen-bond donors (Lipinski definition) is 0. The Labute approximate surface area is 187 Å². The van der Waals surface area contributed by atoms with Crippen molar-refractivity contribution in [1.82, 2.24) is 9.21 Å². The summed E-state index contributed by atoms with van der Waals surface area (Å²) in [6.45, 7) is 1.04. The van der Waals surface area contributed by atoms with Gasteiger partial charge in [0.05, 0.1) is 12.1 Å². The Morgan fingerprint density at radius 3 is 2.42 bits per heavy atom. The van der Waals surface area contributed by atoms with Crippen molar-refractivity contribution in [2.24, 2.45) is 0 Å². The molecule has 2 aromatic carbocycles. The Morgan fingerprint density at radius 1 is 1.13 bits per heavy atom. The van der Waals surface area contributed by atoms with E-state index in [1.165, 1.54) is 46.6 Å². The first-order chi connectivity index (χ1) is 14.7. The zero-order chi connectivity index (χ0) is 22.6. The fourth-order valence-corrected chi connectivity index (χ4v) is 5.65. The van der Waals surface area contributed by atoms with Crippen LogP contribution in [0.15, 0.2) is 41.3 Å². The minimum absolute atomic E-state index is 0.0641. The summed E-state index contributed by atoms with van der Waals surface area (Å²) >= 11 is 6.22. The van der Waals surface area contributed by atoms with E-state index in [0.717, 1.165) is 25.7 Å². The number of carbonyl (C=O) groups is 1. The number of rotatable bonds is 6. The molecule has 168 valence electrons. The van der Waals surface area contributed by atoms with Crippen LogP contribution in [0.5, 0.6) is 5.75 Å². The predicted octanol–water partition coefficient (Wildman–Crippen LogP) is 4.32. The Balaban J connectivity index is 1.82. The van der Waals surface area contributed by atoms with E-state index < -0.39 is 15.8 Å². The number of sulfonamides is 1.